The van der Waals surface area contributed by atoms with E-state index < -0.39 is 0 Å². The highest BCUT2D eigenvalue weighted by molar-refractivity contribution is 5.77. The van der Waals surface area contributed by atoms with Crippen molar-refractivity contribution in [1.82, 2.24) is 5.32 Å². The van der Waals surface area contributed by atoms with E-state index >= 15 is 0 Å². The highest BCUT2D eigenvalue weighted by atomic mass is 16.1. The first-order chi connectivity index (χ1) is 7.24. The average Bonchev–Trinajstić information content (AvgIpc) is 2.83. The van der Waals surface area contributed by atoms with Gasteiger partial charge in [0.25, 0.3) is 0 Å². The summed E-state index contributed by atoms with van der Waals surface area (Å²) < 4.78 is 0. The Morgan fingerprint density at radius 2 is 2.07 bits per heavy atom. The number of carbonyl (C=O) groups excluding carboxylic acids is 1. The molecular formula is C12H20N2O. The monoisotopic (exact) mass is 208 g/mol. The Morgan fingerprint density at radius 1 is 1.20 bits per heavy atom. The standard InChI is InChI=1S/C12H20N2O/c13-10-3-4-11(15)14-12(10)9-6-7-1-2-8(9)5-7/h7-10,12H,1-6,13H2,(H,14,15). The van der Waals surface area contributed by atoms with Gasteiger partial charge in [0.15, 0.2) is 0 Å². The maximum absolute atomic E-state index is 11.4. The molecule has 0 aromatic rings. The fraction of sp³-hybridized carbons (Fsp3) is 0.917. The van der Waals surface area contributed by atoms with E-state index in [4.69, 9.17) is 5.73 Å². The lowest BCUT2D eigenvalue weighted by atomic mass is 9.78. The smallest absolute Gasteiger partial charge is 0.220 e. The van der Waals surface area contributed by atoms with Crippen LogP contribution in [0.3, 0.4) is 0 Å². The molecule has 2 saturated carbocycles. The first-order valence-electron chi connectivity index (χ1n) is 6.29. The minimum absolute atomic E-state index is 0.201. The van der Waals surface area contributed by atoms with Gasteiger partial charge in [-0.3, -0.25) is 4.79 Å². The molecule has 0 aromatic heterocycles. The molecule has 15 heavy (non-hydrogen) atoms. The first-order valence-corrected chi connectivity index (χ1v) is 6.29. The molecule has 0 spiro atoms. The van der Waals surface area contributed by atoms with Crippen molar-refractivity contribution in [1.29, 1.82) is 0 Å². The van der Waals surface area contributed by atoms with E-state index in [9.17, 15) is 4.79 Å². The van der Waals surface area contributed by atoms with Crippen molar-refractivity contribution < 1.29 is 4.79 Å². The molecular weight excluding hydrogens is 188 g/mol. The van der Waals surface area contributed by atoms with Gasteiger partial charge in [0.2, 0.25) is 5.91 Å². The van der Waals surface area contributed by atoms with E-state index in [1.54, 1.807) is 0 Å². The number of piperidine rings is 1. The lowest BCUT2D eigenvalue weighted by Crippen LogP contribution is -2.56. The Morgan fingerprint density at radius 3 is 2.73 bits per heavy atom. The molecule has 1 aliphatic heterocycles. The number of carbonyl (C=O) groups is 1. The fourth-order valence-corrected chi connectivity index (χ4v) is 4.00. The van der Waals surface area contributed by atoms with Crippen molar-refractivity contribution in [2.75, 3.05) is 0 Å². The van der Waals surface area contributed by atoms with Crippen LogP contribution in [0, 0.1) is 17.8 Å². The number of hydrogen-bond acceptors (Lipinski definition) is 2. The molecule has 2 aliphatic carbocycles. The molecule has 3 rings (SSSR count). The minimum Gasteiger partial charge on any atom is -0.352 e. The van der Waals surface area contributed by atoms with Gasteiger partial charge >= 0.3 is 0 Å². The van der Waals surface area contributed by atoms with E-state index in [2.05, 4.69) is 5.32 Å². The molecule has 84 valence electrons. The number of hydrogen-bond donors (Lipinski definition) is 2. The molecule has 3 heteroatoms. The summed E-state index contributed by atoms with van der Waals surface area (Å²) in [6, 6.07) is 0.480. The van der Waals surface area contributed by atoms with Gasteiger partial charge in [-0.15, -0.1) is 0 Å². The molecule has 0 aromatic carbocycles. The molecule has 2 bridgehead atoms. The SMILES string of the molecule is NC1CCC(=O)NC1C1CC2CCC1C2. The van der Waals surface area contributed by atoms with Crippen molar-refractivity contribution in [3.63, 3.8) is 0 Å². The molecule has 1 heterocycles. The normalized spacial score (nSPS) is 49.4. The van der Waals surface area contributed by atoms with Crippen LogP contribution in [-0.4, -0.2) is 18.0 Å². The summed E-state index contributed by atoms with van der Waals surface area (Å²) in [4.78, 5) is 11.4. The summed E-state index contributed by atoms with van der Waals surface area (Å²) in [5.41, 5.74) is 6.14. The van der Waals surface area contributed by atoms with Crippen molar-refractivity contribution in [2.24, 2.45) is 23.5 Å². The zero-order valence-corrected chi connectivity index (χ0v) is 9.11. The lowest BCUT2D eigenvalue weighted by Gasteiger charge is -2.37. The van der Waals surface area contributed by atoms with Crippen LogP contribution in [0.5, 0.6) is 0 Å². The summed E-state index contributed by atoms with van der Waals surface area (Å²) in [5.74, 6) is 2.68. The third-order valence-corrected chi connectivity index (χ3v) is 4.75. The first kappa shape index (κ1) is 9.64. The van der Waals surface area contributed by atoms with Gasteiger partial charge in [-0.2, -0.15) is 0 Å². The molecule has 3 N–H and O–H groups in total. The highest BCUT2D eigenvalue weighted by Crippen LogP contribution is 2.50. The zero-order chi connectivity index (χ0) is 10.4. The zero-order valence-electron chi connectivity index (χ0n) is 9.11. The molecule has 3 fully saturated rings. The second-order valence-electron chi connectivity index (χ2n) is 5.63. The summed E-state index contributed by atoms with van der Waals surface area (Å²) >= 11 is 0. The highest BCUT2D eigenvalue weighted by Gasteiger charge is 2.45. The van der Waals surface area contributed by atoms with Crippen molar-refractivity contribution in [3.8, 4) is 0 Å². The number of nitrogens with one attached hydrogen (secondary N) is 1. The van der Waals surface area contributed by atoms with E-state index in [1.807, 2.05) is 0 Å². The third-order valence-electron chi connectivity index (χ3n) is 4.75. The van der Waals surface area contributed by atoms with Gasteiger partial charge in [-0.1, -0.05) is 6.42 Å². The largest absolute Gasteiger partial charge is 0.352 e. The van der Waals surface area contributed by atoms with E-state index in [0.717, 1.165) is 18.3 Å². The van der Waals surface area contributed by atoms with Crippen molar-refractivity contribution >= 4 is 5.91 Å². The lowest BCUT2D eigenvalue weighted by molar-refractivity contribution is -0.124. The van der Waals surface area contributed by atoms with Crippen LogP contribution < -0.4 is 11.1 Å². The van der Waals surface area contributed by atoms with Gasteiger partial charge in [0.1, 0.15) is 0 Å². The Kier molecular flexibility index (Phi) is 2.23. The van der Waals surface area contributed by atoms with E-state index in [0.29, 0.717) is 12.3 Å². The quantitative estimate of drug-likeness (QED) is 0.676. The van der Waals surface area contributed by atoms with E-state index in [-0.39, 0.29) is 18.0 Å². The Balaban J connectivity index is 1.72. The number of fused-ring (bicyclic) bond motifs is 2. The van der Waals surface area contributed by atoms with Gasteiger partial charge in [0, 0.05) is 18.5 Å². The predicted octanol–water partition coefficient (Wildman–Crippen LogP) is 1.03. The van der Waals surface area contributed by atoms with Gasteiger partial charge < -0.3 is 11.1 Å². The van der Waals surface area contributed by atoms with Crippen LogP contribution in [0.4, 0.5) is 0 Å². The van der Waals surface area contributed by atoms with Crippen molar-refractivity contribution in [2.45, 2.75) is 50.6 Å². The van der Waals surface area contributed by atoms with Crippen LogP contribution in [-0.2, 0) is 4.79 Å². The van der Waals surface area contributed by atoms with Gasteiger partial charge in [0.05, 0.1) is 0 Å². The van der Waals surface area contributed by atoms with Gasteiger partial charge in [-0.05, 0) is 43.4 Å². The minimum atomic E-state index is 0.201. The van der Waals surface area contributed by atoms with Crippen LogP contribution in [0.2, 0.25) is 0 Å². The molecule has 3 nitrogen and oxygen atoms in total. The van der Waals surface area contributed by atoms with Crippen molar-refractivity contribution in [3.05, 3.63) is 0 Å². The molecule has 3 aliphatic rings. The fourth-order valence-electron chi connectivity index (χ4n) is 4.00. The number of amides is 1. The molecule has 5 unspecified atom stereocenters. The van der Waals surface area contributed by atoms with Crippen LogP contribution >= 0.6 is 0 Å². The van der Waals surface area contributed by atoms with Crippen LogP contribution in [0.15, 0.2) is 0 Å². The Labute approximate surface area is 90.8 Å². The molecule has 5 atom stereocenters. The molecule has 0 radical (unpaired) electrons. The summed E-state index contributed by atoms with van der Waals surface area (Å²) in [6.07, 6.45) is 6.99. The van der Waals surface area contributed by atoms with E-state index in [1.165, 1.54) is 25.7 Å². The Hall–Kier alpha value is -0.570. The molecule has 1 amide bonds. The second kappa shape index (κ2) is 3.48. The third kappa shape index (κ3) is 1.57. The topological polar surface area (TPSA) is 55.1 Å². The maximum atomic E-state index is 11.4. The van der Waals surface area contributed by atoms with Crippen LogP contribution in [0.1, 0.15) is 38.5 Å². The summed E-state index contributed by atoms with van der Waals surface area (Å²) in [7, 11) is 0. The Bertz CT molecular complexity index is 279. The maximum Gasteiger partial charge on any atom is 0.220 e. The molecule has 1 saturated heterocycles. The number of rotatable bonds is 1. The number of nitrogens with two attached hydrogens (primary N) is 1. The van der Waals surface area contributed by atoms with Crippen LogP contribution in [0.25, 0.3) is 0 Å². The average molecular weight is 208 g/mol. The second-order valence-corrected chi connectivity index (χ2v) is 5.63. The van der Waals surface area contributed by atoms with Gasteiger partial charge in [-0.25, -0.2) is 0 Å². The summed E-state index contributed by atoms with van der Waals surface area (Å²) in [6.45, 7) is 0. The summed E-state index contributed by atoms with van der Waals surface area (Å²) in [5, 5.41) is 3.13. The predicted molar refractivity (Wildman–Crippen MR) is 58.1 cm³/mol.